The lowest BCUT2D eigenvalue weighted by Gasteiger charge is -2.37. The van der Waals surface area contributed by atoms with E-state index in [1.807, 2.05) is 54.3 Å². The summed E-state index contributed by atoms with van der Waals surface area (Å²) >= 11 is 6.42. The maximum Gasteiger partial charge on any atom is 0.292 e. The van der Waals surface area contributed by atoms with Gasteiger partial charge in [-0.2, -0.15) is 9.78 Å². The van der Waals surface area contributed by atoms with Gasteiger partial charge in [0.05, 0.1) is 17.6 Å². The zero-order valence-corrected chi connectivity index (χ0v) is 18.8. The van der Waals surface area contributed by atoms with Crippen molar-refractivity contribution < 1.29 is 9.53 Å². The lowest BCUT2D eigenvalue weighted by Crippen LogP contribution is -2.52. The van der Waals surface area contributed by atoms with Crippen molar-refractivity contribution in [3.8, 4) is 11.4 Å². The van der Waals surface area contributed by atoms with Gasteiger partial charge in [0.2, 0.25) is 0 Å². The highest BCUT2D eigenvalue weighted by atomic mass is 35.5. The molecule has 7 nitrogen and oxygen atoms in total. The predicted octanol–water partition coefficient (Wildman–Crippen LogP) is 3.31. The molecule has 0 radical (unpaired) electrons. The first-order chi connectivity index (χ1) is 15.4. The van der Waals surface area contributed by atoms with Crippen LogP contribution < -0.4 is 15.2 Å². The summed E-state index contributed by atoms with van der Waals surface area (Å²) in [5.74, 6) is 0.612. The number of ether oxygens (including phenoxy) is 1. The van der Waals surface area contributed by atoms with Crippen molar-refractivity contribution in [1.82, 2.24) is 14.7 Å². The second-order valence-electron chi connectivity index (χ2n) is 7.78. The summed E-state index contributed by atoms with van der Waals surface area (Å²) in [7, 11) is 0. The summed E-state index contributed by atoms with van der Waals surface area (Å²) in [5, 5.41) is 4.42. The number of aryl methyl sites for hydroxylation is 1. The van der Waals surface area contributed by atoms with Gasteiger partial charge in [-0.25, -0.2) is 0 Å². The third kappa shape index (κ3) is 4.62. The van der Waals surface area contributed by atoms with Crippen LogP contribution in [0.1, 0.15) is 12.5 Å². The fourth-order valence-corrected chi connectivity index (χ4v) is 3.94. The minimum atomic E-state index is -0.579. The minimum absolute atomic E-state index is 0.0612. The highest BCUT2D eigenvalue weighted by molar-refractivity contribution is 6.33. The first-order valence-electron chi connectivity index (χ1n) is 10.5. The van der Waals surface area contributed by atoms with Crippen LogP contribution in [0.2, 0.25) is 5.02 Å². The summed E-state index contributed by atoms with van der Waals surface area (Å²) < 4.78 is 7.09. The van der Waals surface area contributed by atoms with E-state index in [9.17, 15) is 9.59 Å². The molecule has 1 aromatic heterocycles. The summed E-state index contributed by atoms with van der Waals surface area (Å²) in [6.45, 7) is 5.90. The molecule has 166 valence electrons. The number of aromatic nitrogens is 2. The van der Waals surface area contributed by atoms with Crippen LogP contribution in [-0.4, -0.2) is 52.9 Å². The fourth-order valence-electron chi connectivity index (χ4n) is 3.69. The van der Waals surface area contributed by atoms with E-state index in [-0.39, 0.29) is 16.5 Å². The number of hydrogen-bond acceptors (Lipinski definition) is 5. The van der Waals surface area contributed by atoms with E-state index in [0.29, 0.717) is 43.3 Å². The molecule has 1 fully saturated rings. The second-order valence-corrected chi connectivity index (χ2v) is 8.16. The zero-order valence-electron chi connectivity index (χ0n) is 18.1. The Morgan fingerprint density at radius 1 is 1.03 bits per heavy atom. The molecule has 8 heteroatoms. The Kier molecular flexibility index (Phi) is 6.46. The highest BCUT2D eigenvalue weighted by Gasteiger charge is 2.27. The molecular formula is C24H25ClN4O3. The molecule has 2 heterocycles. The average Bonchev–Trinajstić information content (AvgIpc) is 2.82. The van der Waals surface area contributed by atoms with Gasteiger partial charge in [0, 0.05) is 26.2 Å². The lowest BCUT2D eigenvalue weighted by atomic mass is 10.2. The van der Waals surface area contributed by atoms with Crippen molar-refractivity contribution in [2.75, 3.05) is 31.1 Å². The van der Waals surface area contributed by atoms with Gasteiger partial charge in [-0.1, -0.05) is 47.5 Å². The highest BCUT2D eigenvalue weighted by Crippen LogP contribution is 2.23. The molecule has 0 N–H and O–H groups in total. The zero-order chi connectivity index (χ0) is 22.7. The number of anilines is 1. The number of benzene rings is 2. The normalized spacial score (nSPS) is 14.8. The number of piperazine rings is 1. The Hall–Kier alpha value is -3.32. The van der Waals surface area contributed by atoms with Crippen LogP contribution in [0.15, 0.2) is 65.6 Å². The third-order valence-electron chi connectivity index (χ3n) is 5.51. The van der Waals surface area contributed by atoms with Crippen molar-refractivity contribution in [3.63, 3.8) is 0 Å². The van der Waals surface area contributed by atoms with E-state index >= 15 is 0 Å². The molecule has 0 aliphatic carbocycles. The van der Waals surface area contributed by atoms with E-state index in [1.54, 1.807) is 30.2 Å². The first-order valence-corrected chi connectivity index (χ1v) is 10.9. The molecule has 1 saturated heterocycles. The Morgan fingerprint density at radius 2 is 1.69 bits per heavy atom. The standard InChI is InChI=1S/C24H25ClN4O3/c1-17-8-10-20(11-9-17)32-18(2)23(30)28-14-12-27(13-15-28)21-16-26-29(24(31)22(21)25)19-6-4-3-5-7-19/h3-11,16,18H,12-15H2,1-2H3. The van der Waals surface area contributed by atoms with Gasteiger partial charge < -0.3 is 14.5 Å². The molecule has 1 aliphatic rings. The average molecular weight is 453 g/mol. The van der Waals surface area contributed by atoms with E-state index in [4.69, 9.17) is 16.3 Å². The minimum Gasteiger partial charge on any atom is -0.481 e. The maximum atomic E-state index is 12.8. The molecule has 2 aromatic carbocycles. The van der Waals surface area contributed by atoms with E-state index < -0.39 is 6.10 Å². The molecule has 1 atom stereocenters. The summed E-state index contributed by atoms with van der Waals surface area (Å²) in [6, 6.07) is 16.8. The van der Waals surface area contributed by atoms with Gasteiger partial charge >= 0.3 is 0 Å². The smallest absolute Gasteiger partial charge is 0.292 e. The van der Waals surface area contributed by atoms with Crippen molar-refractivity contribution in [2.45, 2.75) is 20.0 Å². The second kappa shape index (κ2) is 9.44. The molecule has 0 spiro atoms. The molecular weight excluding hydrogens is 428 g/mol. The fraction of sp³-hybridized carbons (Fsp3) is 0.292. The largest absolute Gasteiger partial charge is 0.481 e. The number of carbonyl (C=O) groups is 1. The molecule has 4 rings (SSSR count). The van der Waals surface area contributed by atoms with Gasteiger partial charge in [-0.3, -0.25) is 9.59 Å². The number of amides is 1. The number of hydrogen-bond donors (Lipinski definition) is 0. The Morgan fingerprint density at radius 3 is 2.34 bits per heavy atom. The van der Waals surface area contributed by atoms with Gasteiger partial charge in [0.25, 0.3) is 11.5 Å². The molecule has 1 amide bonds. The molecule has 3 aromatic rings. The molecule has 1 aliphatic heterocycles. The maximum absolute atomic E-state index is 12.8. The van der Waals surface area contributed by atoms with E-state index in [2.05, 4.69) is 5.10 Å². The molecule has 32 heavy (non-hydrogen) atoms. The van der Waals surface area contributed by atoms with Gasteiger partial charge in [-0.15, -0.1) is 0 Å². The van der Waals surface area contributed by atoms with E-state index in [0.717, 1.165) is 5.56 Å². The number of carbonyl (C=O) groups excluding carboxylic acids is 1. The summed E-state index contributed by atoms with van der Waals surface area (Å²) in [5.41, 5.74) is 2.01. The van der Waals surface area contributed by atoms with Crippen LogP contribution in [0.4, 0.5) is 5.69 Å². The summed E-state index contributed by atoms with van der Waals surface area (Å²) in [4.78, 5) is 29.3. The van der Waals surface area contributed by atoms with Crippen LogP contribution in [-0.2, 0) is 4.79 Å². The Bertz CT molecular complexity index is 1140. The molecule has 0 bridgehead atoms. The van der Waals surface area contributed by atoms with E-state index in [1.165, 1.54) is 4.68 Å². The SMILES string of the molecule is Cc1ccc(OC(C)C(=O)N2CCN(c3cnn(-c4ccccc4)c(=O)c3Cl)CC2)cc1. The predicted molar refractivity (Wildman–Crippen MR) is 125 cm³/mol. The molecule has 1 unspecified atom stereocenters. The number of para-hydroxylation sites is 1. The van der Waals surface area contributed by atoms with Crippen molar-refractivity contribution in [2.24, 2.45) is 0 Å². The van der Waals surface area contributed by atoms with Crippen LogP contribution in [0.3, 0.4) is 0 Å². The monoisotopic (exact) mass is 452 g/mol. The Labute approximate surface area is 191 Å². The number of nitrogens with zero attached hydrogens (tertiary/aromatic N) is 4. The van der Waals surface area contributed by atoms with Crippen LogP contribution in [0.25, 0.3) is 5.69 Å². The summed E-state index contributed by atoms with van der Waals surface area (Å²) in [6.07, 6.45) is 1.03. The van der Waals surface area contributed by atoms with Gasteiger partial charge in [0.15, 0.2) is 6.10 Å². The van der Waals surface area contributed by atoms with Gasteiger partial charge in [0.1, 0.15) is 10.8 Å². The lowest BCUT2D eigenvalue weighted by molar-refractivity contribution is -0.138. The number of rotatable bonds is 5. The van der Waals surface area contributed by atoms with Crippen LogP contribution in [0, 0.1) is 6.92 Å². The van der Waals surface area contributed by atoms with Crippen molar-refractivity contribution in [3.05, 3.63) is 81.7 Å². The number of halogens is 1. The third-order valence-corrected chi connectivity index (χ3v) is 5.87. The molecule has 0 saturated carbocycles. The topological polar surface area (TPSA) is 67.7 Å². The van der Waals surface area contributed by atoms with Crippen LogP contribution in [0.5, 0.6) is 5.75 Å². The van der Waals surface area contributed by atoms with Crippen LogP contribution >= 0.6 is 11.6 Å². The Balaban J connectivity index is 1.40. The quantitative estimate of drug-likeness (QED) is 0.594. The first kappa shape index (κ1) is 21.9. The van der Waals surface area contributed by atoms with Gasteiger partial charge in [-0.05, 0) is 38.1 Å². The van der Waals surface area contributed by atoms with Crippen molar-refractivity contribution >= 4 is 23.2 Å². The van der Waals surface area contributed by atoms with Crippen molar-refractivity contribution in [1.29, 1.82) is 0 Å².